The zero-order valence-corrected chi connectivity index (χ0v) is 9.66. The molecule has 0 radical (unpaired) electrons. The first-order valence-electron chi connectivity index (χ1n) is 5.90. The van der Waals surface area contributed by atoms with Crippen molar-refractivity contribution in [2.45, 2.75) is 44.9 Å². The Hall–Kier alpha value is -0.760. The molecule has 0 heterocycles. The molecule has 0 aliphatic carbocycles. The molecule has 2 nitrogen and oxygen atoms in total. The summed E-state index contributed by atoms with van der Waals surface area (Å²) >= 11 is 0. The van der Waals surface area contributed by atoms with E-state index in [0.29, 0.717) is 0 Å². The first-order chi connectivity index (χ1) is 7.41. The Morgan fingerprint density at radius 2 is 1.80 bits per heavy atom. The van der Waals surface area contributed by atoms with E-state index in [-0.39, 0.29) is 6.61 Å². The highest BCUT2D eigenvalue weighted by Gasteiger charge is 1.87. The Balaban J connectivity index is 2.99. The average Bonchev–Trinajstić information content (AvgIpc) is 2.26. The molecule has 15 heavy (non-hydrogen) atoms. The molecule has 0 unspecified atom stereocenters. The molecule has 88 valence electrons. The molecule has 0 aromatic rings. The molecule has 0 saturated carbocycles. The van der Waals surface area contributed by atoms with Gasteiger partial charge in [0.05, 0.1) is 12.9 Å². The van der Waals surface area contributed by atoms with Crippen LogP contribution in [0.25, 0.3) is 0 Å². The number of rotatable bonds is 11. The van der Waals surface area contributed by atoms with Crippen molar-refractivity contribution in [3.63, 3.8) is 0 Å². The van der Waals surface area contributed by atoms with Gasteiger partial charge in [-0.25, -0.2) is 0 Å². The largest absolute Gasteiger partial charge is 0.502 e. The van der Waals surface area contributed by atoms with E-state index in [1.54, 1.807) is 6.26 Å². The van der Waals surface area contributed by atoms with Crippen molar-refractivity contribution in [1.29, 1.82) is 0 Å². The third kappa shape index (κ3) is 13.2. The van der Waals surface area contributed by atoms with E-state index in [0.717, 1.165) is 38.7 Å². The molecule has 0 aliphatic rings. The minimum Gasteiger partial charge on any atom is -0.502 e. The van der Waals surface area contributed by atoms with Crippen LogP contribution in [0.3, 0.4) is 0 Å². The lowest BCUT2D eigenvalue weighted by Crippen LogP contribution is -1.87. The second-order valence-electron chi connectivity index (χ2n) is 3.60. The zero-order chi connectivity index (χ0) is 11.2. The SMILES string of the molecule is C=CCCCCCOC=CCCCCO. The standard InChI is InChI=1S/C13H24O2/c1-2-3-4-6-9-12-15-13-10-7-5-8-11-14/h2,10,13-14H,1,3-9,11-12H2. The van der Waals surface area contributed by atoms with E-state index >= 15 is 0 Å². The number of hydrogen-bond donors (Lipinski definition) is 1. The first kappa shape index (κ1) is 14.2. The summed E-state index contributed by atoms with van der Waals surface area (Å²) in [6.07, 6.45) is 13.3. The van der Waals surface area contributed by atoms with E-state index in [1.807, 2.05) is 12.2 Å². The molecule has 0 saturated heterocycles. The van der Waals surface area contributed by atoms with Crippen molar-refractivity contribution in [3.05, 3.63) is 25.0 Å². The van der Waals surface area contributed by atoms with Gasteiger partial charge in [-0.15, -0.1) is 6.58 Å². The molecule has 0 aromatic heterocycles. The Labute approximate surface area is 93.6 Å². The van der Waals surface area contributed by atoms with Crippen LogP contribution >= 0.6 is 0 Å². The van der Waals surface area contributed by atoms with Gasteiger partial charge in [0.2, 0.25) is 0 Å². The Kier molecular flexibility index (Phi) is 12.6. The monoisotopic (exact) mass is 212 g/mol. The highest BCUT2D eigenvalue weighted by atomic mass is 16.5. The molecule has 0 fully saturated rings. The molecular formula is C13H24O2. The van der Waals surface area contributed by atoms with Gasteiger partial charge in [0.1, 0.15) is 0 Å². The van der Waals surface area contributed by atoms with Crippen LogP contribution in [-0.4, -0.2) is 18.3 Å². The molecule has 0 rings (SSSR count). The van der Waals surface area contributed by atoms with E-state index < -0.39 is 0 Å². The molecule has 0 aromatic carbocycles. The summed E-state index contributed by atoms with van der Waals surface area (Å²) < 4.78 is 5.33. The molecular weight excluding hydrogens is 188 g/mol. The van der Waals surface area contributed by atoms with Crippen LogP contribution in [-0.2, 0) is 4.74 Å². The van der Waals surface area contributed by atoms with Crippen LogP contribution in [0.15, 0.2) is 25.0 Å². The van der Waals surface area contributed by atoms with Crippen LogP contribution < -0.4 is 0 Å². The van der Waals surface area contributed by atoms with Crippen molar-refractivity contribution in [3.8, 4) is 0 Å². The molecule has 0 amide bonds. The first-order valence-corrected chi connectivity index (χ1v) is 5.90. The minimum absolute atomic E-state index is 0.290. The normalized spacial score (nSPS) is 10.7. The summed E-state index contributed by atoms with van der Waals surface area (Å²) in [7, 11) is 0. The van der Waals surface area contributed by atoms with Crippen molar-refractivity contribution < 1.29 is 9.84 Å². The number of allylic oxidation sites excluding steroid dienone is 2. The van der Waals surface area contributed by atoms with Crippen LogP contribution in [0.1, 0.15) is 44.9 Å². The van der Waals surface area contributed by atoms with Crippen LogP contribution in [0.4, 0.5) is 0 Å². The lowest BCUT2D eigenvalue weighted by atomic mass is 10.2. The third-order valence-corrected chi connectivity index (χ3v) is 2.14. The topological polar surface area (TPSA) is 29.5 Å². The summed E-state index contributed by atoms with van der Waals surface area (Å²) in [6, 6.07) is 0. The van der Waals surface area contributed by atoms with Gasteiger partial charge < -0.3 is 9.84 Å². The fourth-order valence-corrected chi connectivity index (χ4v) is 1.23. The molecule has 0 bridgehead atoms. The maximum atomic E-state index is 8.55. The van der Waals surface area contributed by atoms with Gasteiger partial charge in [-0.1, -0.05) is 6.08 Å². The summed E-state index contributed by atoms with van der Waals surface area (Å²) in [5, 5.41) is 8.55. The van der Waals surface area contributed by atoms with Crippen molar-refractivity contribution >= 4 is 0 Å². The number of hydrogen-bond acceptors (Lipinski definition) is 2. The summed E-state index contributed by atoms with van der Waals surface area (Å²) in [5.41, 5.74) is 0. The molecule has 0 aliphatic heterocycles. The second kappa shape index (κ2) is 13.2. The Bertz CT molecular complexity index is 153. The number of aliphatic hydroxyl groups excluding tert-OH is 1. The van der Waals surface area contributed by atoms with Gasteiger partial charge in [-0.3, -0.25) is 0 Å². The second-order valence-corrected chi connectivity index (χ2v) is 3.60. The summed E-state index contributed by atoms with van der Waals surface area (Å²) in [5.74, 6) is 0. The minimum atomic E-state index is 0.290. The predicted octanol–water partition coefficient (Wildman–Crippen LogP) is 3.43. The number of ether oxygens (including phenoxy) is 1. The molecule has 1 N–H and O–H groups in total. The molecule has 2 heteroatoms. The van der Waals surface area contributed by atoms with Crippen molar-refractivity contribution in [2.75, 3.05) is 13.2 Å². The van der Waals surface area contributed by atoms with Gasteiger partial charge in [-0.05, 0) is 51.0 Å². The van der Waals surface area contributed by atoms with Crippen LogP contribution in [0, 0.1) is 0 Å². The van der Waals surface area contributed by atoms with E-state index in [2.05, 4.69) is 6.58 Å². The lowest BCUT2D eigenvalue weighted by Gasteiger charge is -1.99. The smallest absolute Gasteiger partial charge is 0.0873 e. The maximum absolute atomic E-state index is 8.55. The van der Waals surface area contributed by atoms with Crippen molar-refractivity contribution in [1.82, 2.24) is 0 Å². The van der Waals surface area contributed by atoms with Gasteiger partial charge in [-0.2, -0.15) is 0 Å². The highest BCUT2D eigenvalue weighted by molar-refractivity contribution is 4.73. The fourth-order valence-electron chi connectivity index (χ4n) is 1.23. The van der Waals surface area contributed by atoms with Gasteiger partial charge in [0.15, 0.2) is 0 Å². The fraction of sp³-hybridized carbons (Fsp3) is 0.692. The summed E-state index contributed by atoms with van der Waals surface area (Å²) in [6.45, 7) is 4.79. The van der Waals surface area contributed by atoms with Gasteiger partial charge in [0, 0.05) is 6.61 Å². The van der Waals surface area contributed by atoms with Gasteiger partial charge in [0.25, 0.3) is 0 Å². The van der Waals surface area contributed by atoms with Crippen LogP contribution in [0.5, 0.6) is 0 Å². The quantitative estimate of drug-likeness (QED) is 0.323. The maximum Gasteiger partial charge on any atom is 0.0873 e. The number of aliphatic hydroxyl groups is 1. The lowest BCUT2D eigenvalue weighted by molar-refractivity contribution is 0.239. The van der Waals surface area contributed by atoms with E-state index in [9.17, 15) is 0 Å². The molecule has 0 atom stereocenters. The zero-order valence-electron chi connectivity index (χ0n) is 9.66. The van der Waals surface area contributed by atoms with Crippen molar-refractivity contribution in [2.24, 2.45) is 0 Å². The predicted molar refractivity (Wildman–Crippen MR) is 64.7 cm³/mol. The number of unbranched alkanes of at least 4 members (excludes halogenated alkanes) is 5. The third-order valence-electron chi connectivity index (χ3n) is 2.14. The molecule has 0 spiro atoms. The highest BCUT2D eigenvalue weighted by Crippen LogP contribution is 2.01. The summed E-state index contributed by atoms with van der Waals surface area (Å²) in [4.78, 5) is 0. The Morgan fingerprint density at radius 3 is 2.53 bits per heavy atom. The average molecular weight is 212 g/mol. The Morgan fingerprint density at radius 1 is 1.00 bits per heavy atom. The van der Waals surface area contributed by atoms with Crippen LogP contribution in [0.2, 0.25) is 0 Å². The van der Waals surface area contributed by atoms with E-state index in [4.69, 9.17) is 9.84 Å². The van der Waals surface area contributed by atoms with Gasteiger partial charge >= 0.3 is 0 Å². The van der Waals surface area contributed by atoms with E-state index in [1.165, 1.54) is 12.8 Å².